The minimum Gasteiger partial charge on any atom is -0.390 e. The van der Waals surface area contributed by atoms with E-state index in [1.807, 2.05) is 6.92 Å². The first-order valence-corrected chi connectivity index (χ1v) is 5.55. The summed E-state index contributed by atoms with van der Waals surface area (Å²) in [6.07, 6.45) is 2.83. The third-order valence-electron chi connectivity index (χ3n) is 3.42. The Morgan fingerprint density at radius 2 is 2.00 bits per heavy atom. The zero-order valence-corrected chi connectivity index (χ0v) is 9.71. The molecule has 1 aliphatic heterocycles. The van der Waals surface area contributed by atoms with Gasteiger partial charge in [0.1, 0.15) is 0 Å². The predicted molar refractivity (Wildman–Crippen MR) is 59.2 cm³/mol. The van der Waals surface area contributed by atoms with Crippen molar-refractivity contribution >= 4 is 0 Å². The van der Waals surface area contributed by atoms with Gasteiger partial charge in [-0.2, -0.15) is 0 Å². The molecule has 0 aromatic heterocycles. The van der Waals surface area contributed by atoms with Gasteiger partial charge in [-0.3, -0.25) is 4.90 Å². The lowest BCUT2D eigenvalue weighted by Gasteiger charge is -2.37. The Hall–Kier alpha value is -0.120. The number of nitrogens with zero attached hydrogens (tertiary/aromatic N) is 1. The molecule has 84 valence electrons. The van der Waals surface area contributed by atoms with Crippen molar-refractivity contribution < 1.29 is 5.11 Å². The molecular weight excluding hydrogens is 176 g/mol. The van der Waals surface area contributed by atoms with E-state index in [0.717, 1.165) is 32.4 Å². The van der Waals surface area contributed by atoms with Crippen molar-refractivity contribution in [3.05, 3.63) is 0 Å². The maximum atomic E-state index is 9.95. The number of rotatable bonds is 2. The van der Waals surface area contributed by atoms with Crippen LogP contribution in [-0.4, -0.2) is 40.8 Å². The van der Waals surface area contributed by atoms with Crippen LogP contribution in [-0.2, 0) is 0 Å². The molecular formula is C11H24N2O. The zero-order chi connectivity index (χ0) is 10.8. The van der Waals surface area contributed by atoms with E-state index in [0.29, 0.717) is 6.54 Å². The topological polar surface area (TPSA) is 49.5 Å². The molecule has 3 heteroatoms. The van der Waals surface area contributed by atoms with Gasteiger partial charge in [-0.05, 0) is 46.6 Å². The fourth-order valence-electron chi connectivity index (χ4n) is 2.00. The lowest BCUT2D eigenvalue weighted by atomic mass is 9.98. The van der Waals surface area contributed by atoms with Gasteiger partial charge in [0.05, 0.1) is 5.60 Å². The molecule has 14 heavy (non-hydrogen) atoms. The molecule has 1 unspecified atom stereocenters. The molecule has 0 bridgehead atoms. The Morgan fingerprint density at radius 3 is 2.57 bits per heavy atom. The molecule has 0 aromatic carbocycles. The van der Waals surface area contributed by atoms with Crippen LogP contribution in [0.2, 0.25) is 0 Å². The van der Waals surface area contributed by atoms with Crippen LogP contribution in [0.1, 0.15) is 40.0 Å². The van der Waals surface area contributed by atoms with E-state index in [1.54, 1.807) is 0 Å². The van der Waals surface area contributed by atoms with Crippen LogP contribution in [0.5, 0.6) is 0 Å². The second kappa shape index (κ2) is 4.17. The van der Waals surface area contributed by atoms with Crippen LogP contribution >= 0.6 is 0 Å². The SMILES string of the molecule is CC1(O)CCCN(C(C)(C)CN)CC1. The van der Waals surface area contributed by atoms with Crippen molar-refractivity contribution in [3.63, 3.8) is 0 Å². The van der Waals surface area contributed by atoms with E-state index < -0.39 is 5.60 Å². The maximum Gasteiger partial charge on any atom is 0.0632 e. The quantitative estimate of drug-likeness (QED) is 0.698. The second-order valence-electron chi connectivity index (χ2n) is 5.35. The van der Waals surface area contributed by atoms with Crippen molar-refractivity contribution in [2.24, 2.45) is 5.73 Å². The molecule has 0 aromatic rings. The lowest BCUT2D eigenvalue weighted by molar-refractivity contribution is 0.0396. The normalized spacial score (nSPS) is 31.5. The summed E-state index contributed by atoms with van der Waals surface area (Å²) in [7, 11) is 0. The van der Waals surface area contributed by atoms with Crippen LogP contribution in [0.25, 0.3) is 0 Å². The third kappa shape index (κ3) is 2.94. The standard InChI is InChI=1S/C11H24N2O/c1-10(2,9-12)13-7-4-5-11(3,14)6-8-13/h14H,4-9,12H2,1-3H3. The number of likely N-dealkylation sites (tertiary alicyclic amines) is 1. The van der Waals surface area contributed by atoms with E-state index in [1.165, 1.54) is 0 Å². The van der Waals surface area contributed by atoms with E-state index in [9.17, 15) is 5.11 Å². The average Bonchev–Trinajstić information content (AvgIpc) is 2.26. The summed E-state index contributed by atoms with van der Waals surface area (Å²) in [4.78, 5) is 2.40. The van der Waals surface area contributed by atoms with E-state index in [2.05, 4.69) is 18.7 Å². The zero-order valence-electron chi connectivity index (χ0n) is 9.71. The van der Waals surface area contributed by atoms with Crippen LogP contribution < -0.4 is 5.73 Å². The summed E-state index contributed by atoms with van der Waals surface area (Å²) >= 11 is 0. The van der Waals surface area contributed by atoms with Gasteiger partial charge < -0.3 is 10.8 Å². The molecule has 0 aliphatic carbocycles. The van der Waals surface area contributed by atoms with E-state index >= 15 is 0 Å². The van der Waals surface area contributed by atoms with Crippen LogP contribution in [0.4, 0.5) is 0 Å². The van der Waals surface area contributed by atoms with Crippen LogP contribution in [0, 0.1) is 0 Å². The molecule has 1 atom stereocenters. The molecule has 0 amide bonds. The monoisotopic (exact) mass is 200 g/mol. The highest BCUT2D eigenvalue weighted by atomic mass is 16.3. The smallest absolute Gasteiger partial charge is 0.0632 e. The Balaban J connectivity index is 2.58. The summed E-state index contributed by atoms with van der Waals surface area (Å²) in [5.74, 6) is 0. The minimum atomic E-state index is -0.473. The van der Waals surface area contributed by atoms with Gasteiger partial charge in [-0.15, -0.1) is 0 Å². The lowest BCUT2D eigenvalue weighted by Crippen LogP contribution is -2.49. The van der Waals surface area contributed by atoms with E-state index in [-0.39, 0.29) is 5.54 Å². The van der Waals surface area contributed by atoms with Crippen LogP contribution in [0.3, 0.4) is 0 Å². The fraction of sp³-hybridized carbons (Fsp3) is 1.00. The Bertz CT molecular complexity index is 190. The summed E-state index contributed by atoms with van der Waals surface area (Å²) in [6, 6.07) is 0. The highest BCUT2D eigenvalue weighted by molar-refractivity contribution is 4.87. The number of nitrogens with two attached hydrogens (primary N) is 1. The summed E-state index contributed by atoms with van der Waals surface area (Å²) in [5, 5.41) is 9.95. The molecule has 0 radical (unpaired) electrons. The van der Waals surface area contributed by atoms with E-state index in [4.69, 9.17) is 5.73 Å². The molecule has 1 fully saturated rings. The van der Waals surface area contributed by atoms with Gasteiger partial charge in [0.25, 0.3) is 0 Å². The second-order valence-corrected chi connectivity index (χ2v) is 5.35. The first-order chi connectivity index (χ1) is 6.37. The van der Waals surface area contributed by atoms with Crippen molar-refractivity contribution in [2.45, 2.75) is 51.2 Å². The molecule has 0 spiro atoms. The van der Waals surface area contributed by atoms with Gasteiger partial charge >= 0.3 is 0 Å². The number of hydrogen-bond acceptors (Lipinski definition) is 3. The molecule has 0 saturated carbocycles. The Morgan fingerprint density at radius 1 is 1.36 bits per heavy atom. The van der Waals surface area contributed by atoms with Crippen molar-refractivity contribution in [1.29, 1.82) is 0 Å². The molecule has 1 aliphatic rings. The molecule has 1 rings (SSSR count). The van der Waals surface area contributed by atoms with Crippen molar-refractivity contribution in [2.75, 3.05) is 19.6 Å². The highest BCUT2D eigenvalue weighted by Gasteiger charge is 2.31. The van der Waals surface area contributed by atoms with Gasteiger partial charge in [-0.25, -0.2) is 0 Å². The fourth-order valence-corrected chi connectivity index (χ4v) is 2.00. The maximum absolute atomic E-state index is 9.95. The van der Waals surface area contributed by atoms with Crippen LogP contribution in [0.15, 0.2) is 0 Å². The third-order valence-corrected chi connectivity index (χ3v) is 3.42. The first-order valence-electron chi connectivity index (χ1n) is 5.55. The molecule has 1 saturated heterocycles. The molecule has 3 nitrogen and oxygen atoms in total. The summed E-state index contributed by atoms with van der Waals surface area (Å²) in [5.41, 5.74) is 5.35. The largest absolute Gasteiger partial charge is 0.390 e. The van der Waals surface area contributed by atoms with Gasteiger partial charge in [0, 0.05) is 18.6 Å². The molecule has 1 heterocycles. The number of hydrogen-bond donors (Lipinski definition) is 2. The van der Waals surface area contributed by atoms with Gasteiger partial charge in [0.2, 0.25) is 0 Å². The average molecular weight is 200 g/mol. The van der Waals surface area contributed by atoms with Gasteiger partial charge in [0.15, 0.2) is 0 Å². The highest BCUT2D eigenvalue weighted by Crippen LogP contribution is 2.25. The van der Waals surface area contributed by atoms with Crippen molar-refractivity contribution in [1.82, 2.24) is 4.90 Å². The molecule has 3 N–H and O–H groups in total. The summed E-state index contributed by atoms with van der Waals surface area (Å²) in [6.45, 7) is 8.97. The Labute approximate surface area is 87.3 Å². The number of aliphatic hydroxyl groups is 1. The first kappa shape index (κ1) is 12.0. The van der Waals surface area contributed by atoms with Gasteiger partial charge in [-0.1, -0.05) is 0 Å². The summed E-state index contributed by atoms with van der Waals surface area (Å²) < 4.78 is 0. The predicted octanol–water partition coefficient (Wildman–Crippen LogP) is 0.961. The Kier molecular flexibility index (Phi) is 3.56. The minimum absolute atomic E-state index is 0.0699. The van der Waals surface area contributed by atoms with Crippen molar-refractivity contribution in [3.8, 4) is 0 Å².